The van der Waals surface area contributed by atoms with Crippen LogP contribution in [0.15, 0.2) is 18.2 Å². The van der Waals surface area contributed by atoms with E-state index in [-0.39, 0.29) is 5.56 Å². The van der Waals surface area contributed by atoms with Gasteiger partial charge in [-0.3, -0.25) is 9.52 Å². The van der Waals surface area contributed by atoms with Crippen LogP contribution in [0.2, 0.25) is 0 Å². The lowest BCUT2D eigenvalue weighted by atomic mass is 10.2. The lowest BCUT2D eigenvalue weighted by Gasteiger charge is -2.07. The summed E-state index contributed by atoms with van der Waals surface area (Å²) in [6, 6.07) is 2.48. The molecule has 0 unspecified atom stereocenters. The van der Waals surface area contributed by atoms with Crippen LogP contribution >= 0.6 is 0 Å². The van der Waals surface area contributed by atoms with Crippen molar-refractivity contribution in [3.8, 4) is 0 Å². The lowest BCUT2D eigenvalue weighted by Crippen LogP contribution is -2.23. The lowest BCUT2D eigenvalue weighted by molar-refractivity contribution is -0.134. The Labute approximate surface area is 101 Å². The molecule has 0 saturated heterocycles. The molecule has 0 fully saturated rings. The molecule has 0 bridgehead atoms. The molecule has 98 valence electrons. The maximum Gasteiger partial charge on any atom is 0.335 e. The number of nitrogens with one attached hydrogen (secondary N) is 1. The van der Waals surface area contributed by atoms with Gasteiger partial charge < -0.3 is 10.2 Å². The third-order valence-electron chi connectivity index (χ3n) is 1.79. The highest BCUT2D eigenvalue weighted by molar-refractivity contribution is 7.93. The van der Waals surface area contributed by atoms with Gasteiger partial charge in [-0.2, -0.15) is 0 Å². The predicted octanol–water partition coefficient (Wildman–Crippen LogP) is 0.350. The fourth-order valence-electron chi connectivity index (χ4n) is 1.10. The van der Waals surface area contributed by atoms with Crippen LogP contribution in [-0.4, -0.2) is 36.3 Å². The van der Waals surface area contributed by atoms with Crippen molar-refractivity contribution in [1.82, 2.24) is 0 Å². The quantitative estimate of drug-likeness (QED) is 0.714. The Morgan fingerprint density at radius 2 is 1.89 bits per heavy atom. The molecule has 0 aliphatic carbocycles. The summed E-state index contributed by atoms with van der Waals surface area (Å²) < 4.78 is 37.4. The Morgan fingerprint density at radius 3 is 2.39 bits per heavy atom. The number of aromatic carboxylic acids is 1. The summed E-state index contributed by atoms with van der Waals surface area (Å²) >= 11 is 0. The first-order valence-corrected chi connectivity index (χ1v) is 6.11. The monoisotopic (exact) mass is 277 g/mol. The number of sulfonamides is 1. The van der Waals surface area contributed by atoms with Crippen LogP contribution in [0.25, 0.3) is 0 Å². The molecule has 0 radical (unpaired) electrons. The number of hydrogen-bond acceptors (Lipinski definition) is 4. The van der Waals surface area contributed by atoms with Gasteiger partial charge >= 0.3 is 11.9 Å². The van der Waals surface area contributed by atoms with Crippen molar-refractivity contribution < 1.29 is 32.6 Å². The summed E-state index contributed by atoms with van der Waals surface area (Å²) in [6.45, 7) is 0. The SMILES string of the molecule is O=C(O)CS(=O)(=O)Nc1cc(C(=O)O)ccc1F. The second-order valence-electron chi connectivity index (χ2n) is 3.25. The fraction of sp³-hybridized carbons (Fsp3) is 0.111. The summed E-state index contributed by atoms with van der Waals surface area (Å²) in [7, 11) is -4.28. The minimum absolute atomic E-state index is 0.329. The second-order valence-corrected chi connectivity index (χ2v) is 4.98. The molecule has 0 spiro atoms. The van der Waals surface area contributed by atoms with E-state index in [9.17, 15) is 22.4 Å². The van der Waals surface area contributed by atoms with Gasteiger partial charge in [0.15, 0.2) is 5.75 Å². The summed E-state index contributed by atoms with van der Waals surface area (Å²) in [6.07, 6.45) is 0. The van der Waals surface area contributed by atoms with Gasteiger partial charge in [-0.05, 0) is 18.2 Å². The van der Waals surface area contributed by atoms with Crippen LogP contribution in [0.1, 0.15) is 10.4 Å². The van der Waals surface area contributed by atoms with Crippen LogP contribution in [-0.2, 0) is 14.8 Å². The van der Waals surface area contributed by atoms with E-state index in [4.69, 9.17) is 10.2 Å². The molecule has 18 heavy (non-hydrogen) atoms. The van der Waals surface area contributed by atoms with E-state index < -0.39 is 39.2 Å². The Bertz CT molecular complexity index is 597. The molecule has 1 rings (SSSR count). The van der Waals surface area contributed by atoms with Crippen LogP contribution in [0.3, 0.4) is 0 Å². The van der Waals surface area contributed by atoms with Crippen molar-refractivity contribution in [2.75, 3.05) is 10.5 Å². The van der Waals surface area contributed by atoms with Gasteiger partial charge in [0.2, 0.25) is 10.0 Å². The normalized spacial score (nSPS) is 10.9. The van der Waals surface area contributed by atoms with Crippen LogP contribution in [0.5, 0.6) is 0 Å². The molecule has 0 aliphatic heterocycles. The van der Waals surface area contributed by atoms with Crippen LogP contribution in [0.4, 0.5) is 10.1 Å². The summed E-state index contributed by atoms with van der Waals surface area (Å²) in [5.74, 6) is -5.23. The minimum Gasteiger partial charge on any atom is -0.480 e. The molecule has 0 amide bonds. The first-order chi connectivity index (χ1) is 8.21. The second kappa shape index (κ2) is 5.00. The average Bonchev–Trinajstić information content (AvgIpc) is 2.18. The van der Waals surface area contributed by atoms with E-state index in [1.165, 1.54) is 0 Å². The van der Waals surface area contributed by atoms with Gasteiger partial charge in [0, 0.05) is 0 Å². The van der Waals surface area contributed by atoms with Gasteiger partial charge in [0.05, 0.1) is 11.3 Å². The Kier molecular flexibility index (Phi) is 3.86. The number of carboxylic acids is 2. The highest BCUT2D eigenvalue weighted by atomic mass is 32.2. The fourth-order valence-corrected chi connectivity index (χ4v) is 1.99. The van der Waals surface area contributed by atoms with E-state index in [1.54, 1.807) is 4.72 Å². The third kappa shape index (κ3) is 3.70. The van der Waals surface area contributed by atoms with Crippen molar-refractivity contribution in [3.63, 3.8) is 0 Å². The zero-order valence-corrected chi connectivity index (χ0v) is 9.57. The molecule has 1 aromatic carbocycles. The van der Waals surface area contributed by atoms with Crippen molar-refractivity contribution in [2.45, 2.75) is 0 Å². The summed E-state index contributed by atoms with van der Waals surface area (Å²) in [5, 5.41) is 17.0. The number of halogens is 1. The number of carboxylic acid groups (broad SMARTS) is 2. The smallest absolute Gasteiger partial charge is 0.335 e. The molecule has 7 nitrogen and oxygen atoms in total. The maximum atomic E-state index is 13.2. The Morgan fingerprint density at radius 1 is 1.28 bits per heavy atom. The average molecular weight is 277 g/mol. The van der Waals surface area contributed by atoms with Crippen LogP contribution < -0.4 is 4.72 Å². The van der Waals surface area contributed by atoms with E-state index in [1.807, 2.05) is 0 Å². The van der Waals surface area contributed by atoms with Gasteiger partial charge in [0.25, 0.3) is 0 Å². The number of benzene rings is 1. The standard InChI is InChI=1S/C9H8FNO6S/c10-6-2-1-5(9(14)15)3-7(6)11-18(16,17)4-8(12)13/h1-3,11H,4H2,(H,12,13)(H,14,15). The molecule has 0 heterocycles. The molecule has 1 aromatic rings. The molecule has 0 aliphatic rings. The van der Waals surface area contributed by atoms with Crippen molar-refractivity contribution >= 4 is 27.6 Å². The highest BCUT2D eigenvalue weighted by Crippen LogP contribution is 2.17. The minimum atomic E-state index is -4.28. The number of rotatable bonds is 5. The zero-order chi connectivity index (χ0) is 13.9. The highest BCUT2D eigenvalue weighted by Gasteiger charge is 2.18. The molecule has 0 aromatic heterocycles. The predicted molar refractivity (Wildman–Crippen MR) is 58.4 cm³/mol. The van der Waals surface area contributed by atoms with E-state index in [0.717, 1.165) is 18.2 Å². The zero-order valence-electron chi connectivity index (χ0n) is 8.75. The van der Waals surface area contributed by atoms with E-state index in [2.05, 4.69) is 0 Å². The van der Waals surface area contributed by atoms with Gasteiger partial charge in [-0.15, -0.1) is 0 Å². The molecular formula is C9H8FNO6S. The number of aliphatic carboxylic acids is 1. The van der Waals surface area contributed by atoms with E-state index >= 15 is 0 Å². The first-order valence-electron chi connectivity index (χ1n) is 4.46. The largest absolute Gasteiger partial charge is 0.480 e. The van der Waals surface area contributed by atoms with Gasteiger partial charge in [-0.1, -0.05) is 0 Å². The van der Waals surface area contributed by atoms with Gasteiger partial charge in [0.1, 0.15) is 5.82 Å². The summed E-state index contributed by atoms with van der Waals surface area (Å²) in [4.78, 5) is 20.9. The molecular weight excluding hydrogens is 269 g/mol. The van der Waals surface area contributed by atoms with E-state index in [0.29, 0.717) is 0 Å². The molecule has 0 saturated carbocycles. The van der Waals surface area contributed by atoms with Crippen molar-refractivity contribution in [3.05, 3.63) is 29.6 Å². The number of carbonyl (C=O) groups is 2. The van der Waals surface area contributed by atoms with Crippen molar-refractivity contribution in [1.29, 1.82) is 0 Å². The molecule has 0 atom stereocenters. The van der Waals surface area contributed by atoms with Crippen molar-refractivity contribution in [2.24, 2.45) is 0 Å². The van der Waals surface area contributed by atoms with Crippen LogP contribution in [0, 0.1) is 5.82 Å². The summed E-state index contributed by atoms with van der Waals surface area (Å²) in [5.41, 5.74) is -0.944. The molecule has 3 N–H and O–H groups in total. The number of hydrogen-bond donors (Lipinski definition) is 3. The van der Waals surface area contributed by atoms with Gasteiger partial charge in [-0.25, -0.2) is 17.6 Å². The topological polar surface area (TPSA) is 121 Å². The maximum absolute atomic E-state index is 13.2. The Balaban J connectivity index is 3.07. The third-order valence-corrected chi connectivity index (χ3v) is 2.95. The first kappa shape index (κ1) is 13.9. The molecule has 9 heteroatoms. The number of anilines is 1. The Hall–Kier alpha value is -2.16.